The van der Waals surface area contributed by atoms with Crippen molar-refractivity contribution < 1.29 is 9.18 Å². The lowest BCUT2D eigenvalue weighted by Crippen LogP contribution is -2.02. The molecule has 88 valence electrons. The zero-order valence-electron chi connectivity index (χ0n) is 9.92. The van der Waals surface area contributed by atoms with Crippen LogP contribution in [0.25, 0.3) is 0 Å². The Labute approximate surface area is 100 Å². The lowest BCUT2D eigenvalue weighted by molar-refractivity contribution is 0.101. The van der Waals surface area contributed by atoms with E-state index < -0.39 is 5.82 Å². The van der Waals surface area contributed by atoms with E-state index in [1.165, 1.54) is 13.0 Å². The van der Waals surface area contributed by atoms with Gasteiger partial charge in [0.2, 0.25) is 0 Å². The third kappa shape index (κ3) is 3.34. The van der Waals surface area contributed by atoms with Crippen LogP contribution < -0.4 is 0 Å². The normalized spacial score (nSPS) is 12.5. The van der Waals surface area contributed by atoms with Crippen LogP contribution in [0.4, 0.5) is 4.39 Å². The van der Waals surface area contributed by atoms with Gasteiger partial charge >= 0.3 is 0 Å². The second-order valence-electron chi connectivity index (χ2n) is 3.99. The molecule has 1 aromatic carbocycles. The Morgan fingerprint density at radius 2 is 2.19 bits per heavy atom. The van der Waals surface area contributed by atoms with Crippen LogP contribution in [-0.4, -0.2) is 11.5 Å². The molecule has 0 heterocycles. The average molecular weight is 240 g/mol. The van der Waals surface area contributed by atoms with Gasteiger partial charge in [-0.05, 0) is 25.0 Å². The maximum atomic E-state index is 13.5. The van der Waals surface area contributed by atoms with Crippen molar-refractivity contribution in [3.05, 3.63) is 29.6 Å². The molecule has 0 aliphatic carbocycles. The molecule has 1 atom stereocenters. The van der Waals surface area contributed by atoms with Crippen LogP contribution in [-0.2, 0) is 0 Å². The van der Waals surface area contributed by atoms with Crippen molar-refractivity contribution in [1.29, 1.82) is 0 Å². The van der Waals surface area contributed by atoms with E-state index in [1.54, 1.807) is 17.8 Å². The van der Waals surface area contributed by atoms with E-state index in [4.69, 9.17) is 0 Å². The molecule has 0 aromatic heterocycles. The summed E-state index contributed by atoms with van der Waals surface area (Å²) >= 11 is 1.56. The van der Waals surface area contributed by atoms with Crippen LogP contribution in [0.2, 0.25) is 0 Å². The Bertz CT molecular complexity index is 376. The van der Waals surface area contributed by atoms with Crippen molar-refractivity contribution in [2.24, 2.45) is 5.92 Å². The molecule has 3 heteroatoms. The first-order valence-corrected chi connectivity index (χ1v) is 6.47. The summed E-state index contributed by atoms with van der Waals surface area (Å²) in [6.07, 6.45) is 1.09. The van der Waals surface area contributed by atoms with Gasteiger partial charge in [0.15, 0.2) is 5.78 Å². The molecule has 0 saturated carbocycles. The lowest BCUT2D eigenvalue weighted by atomic mass is 10.1. The number of hydrogen-bond donors (Lipinski definition) is 0. The van der Waals surface area contributed by atoms with Gasteiger partial charge in [0.05, 0.1) is 5.56 Å². The number of Topliss-reactive ketones (excluding diaryl/α,β-unsaturated/α-hetero) is 1. The minimum absolute atomic E-state index is 0.204. The van der Waals surface area contributed by atoms with Crippen LogP contribution >= 0.6 is 11.8 Å². The second-order valence-corrected chi connectivity index (χ2v) is 5.06. The number of rotatable bonds is 5. The zero-order chi connectivity index (χ0) is 12.1. The van der Waals surface area contributed by atoms with E-state index in [1.807, 2.05) is 6.07 Å². The fraction of sp³-hybridized carbons (Fsp3) is 0.462. The van der Waals surface area contributed by atoms with E-state index in [0.29, 0.717) is 5.92 Å². The Morgan fingerprint density at radius 3 is 2.75 bits per heavy atom. The van der Waals surface area contributed by atoms with Crippen molar-refractivity contribution >= 4 is 17.5 Å². The molecule has 1 aromatic rings. The molecule has 1 nitrogen and oxygen atoms in total. The Morgan fingerprint density at radius 1 is 1.50 bits per heavy atom. The van der Waals surface area contributed by atoms with Gasteiger partial charge in [0.1, 0.15) is 5.82 Å². The van der Waals surface area contributed by atoms with Crippen LogP contribution in [0.15, 0.2) is 23.1 Å². The van der Waals surface area contributed by atoms with Crippen LogP contribution in [0, 0.1) is 11.7 Å². The first-order valence-electron chi connectivity index (χ1n) is 5.48. The molecule has 0 aliphatic heterocycles. The number of hydrogen-bond acceptors (Lipinski definition) is 2. The van der Waals surface area contributed by atoms with E-state index in [-0.39, 0.29) is 11.3 Å². The van der Waals surface area contributed by atoms with Crippen molar-refractivity contribution in [2.75, 3.05) is 5.75 Å². The predicted octanol–water partition coefficient (Wildman–Crippen LogP) is 4.17. The summed E-state index contributed by atoms with van der Waals surface area (Å²) < 4.78 is 13.5. The van der Waals surface area contributed by atoms with Gasteiger partial charge in [-0.3, -0.25) is 4.79 Å². The SMILES string of the molecule is CCC(C)CSc1cccc(F)c1C(C)=O. The number of carbonyl (C=O) groups is 1. The predicted molar refractivity (Wildman–Crippen MR) is 66.6 cm³/mol. The standard InChI is InChI=1S/C13H17FOS/c1-4-9(2)8-16-12-7-5-6-11(14)13(12)10(3)15/h5-7,9H,4,8H2,1-3H3. The number of benzene rings is 1. The van der Waals surface area contributed by atoms with E-state index in [9.17, 15) is 9.18 Å². The maximum absolute atomic E-state index is 13.5. The topological polar surface area (TPSA) is 17.1 Å². The van der Waals surface area contributed by atoms with E-state index in [0.717, 1.165) is 17.1 Å². The van der Waals surface area contributed by atoms with Gasteiger partial charge in [-0.2, -0.15) is 0 Å². The highest BCUT2D eigenvalue weighted by Crippen LogP contribution is 2.27. The van der Waals surface area contributed by atoms with Gasteiger partial charge in [0.25, 0.3) is 0 Å². The van der Waals surface area contributed by atoms with Gasteiger partial charge in [-0.1, -0.05) is 26.3 Å². The summed E-state index contributed by atoms with van der Waals surface area (Å²) in [6, 6.07) is 4.80. The monoisotopic (exact) mass is 240 g/mol. The third-order valence-electron chi connectivity index (χ3n) is 2.55. The molecule has 0 bridgehead atoms. The average Bonchev–Trinajstić information content (AvgIpc) is 2.25. The third-order valence-corrected chi connectivity index (χ3v) is 3.93. The summed E-state index contributed by atoms with van der Waals surface area (Å²) in [5, 5.41) is 0. The summed E-state index contributed by atoms with van der Waals surface area (Å²) in [4.78, 5) is 12.1. The van der Waals surface area contributed by atoms with Gasteiger partial charge in [-0.25, -0.2) is 4.39 Å². The summed E-state index contributed by atoms with van der Waals surface area (Å²) in [6.45, 7) is 5.69. The molecule has 0 radical (unpaired) electrons. The van der Waals surface area contributed by atoms with Gasteiger partial charge in [0, 0.05) is 10.6 Å². The molecule has 0 spiro atoms. The number of carbonyl (C=O) groups excluding carboxylic acids is 1. The highest BCUT2D eigenvalue weighted by molar-refractivity contribution is 7.99. The minimum atomic E-state index is -0.415. The molecule has 1 unspecified atom stereocenters. The first-order chi connectivity index (χ1) is 7.56. The summed E-state index contributed by atoms with van der Waals surface area (Å²) in [5.74, 6) is 0.875. The van der Waals surface area contributed by atoms with Crippen LogP contribution in [0.1, 0.15) is 37.6 Å². The van der Waals surface area contributed by atoms with E-state index >= 15 is 0 Å². The minimum Gasteiger partial charge on any atom is -0.294 e. The van der Waals surface area contributed by atoms with E-state index in [2.05, 4.69) is 13.8 Å². The smallest absolute Gasteiger partial charge is 0.163 e. The molecular weight excluding hydrogens is 223 g/mol. The Balaban J connectivity index is 2.87. The van der Waals surface area contributed by atoms with Crippen molar-refractivity contribution in [3.63, 3.8) is 0 Å². The molecule has 0 amide bonds. The molecule has 0 fully saturated rings. The lowest BCUT2D eigenvalue weighted by Gasteiger charge is -2.10. The highest BCUT2D eigenvalue weighted by atomic mass is 32.2. The fourth-order valence-corrected chi connectivity index (χ4v) is 2.58. The van der Waals surface area contributed by atoms with Crippen LogP contribution in [0.5, 0.6) is 0 Å². The molecule has 16 heavy (non-hydrogen) atoms. The molecular formula is C13H17FOS. The number of ketones is 1. The quantitative estimate of drug-likeness (QED) is 0.567. The number of thioether (sulfide) groups is 1. The highest BCUT2D eigenvalue weighted by Gasteiger charge is 2.13. The van der Waals surface area contributed by atoms with Crippen LogP contribution in [0.3, 0.4) is 0 Å². The molecule has 0 saturated heterocycles. The summed E-state index contributed by atoms with van der Waals surface area (Å²) in [7, 11) is 0. The summed E-state index contributed by atoms with van der Waals surface area (Å²) in [5.41, 5.74) is 0.232. The van der Waals surface area contributed by atoms with Crippen molar-refractivity contribution in [3.8, 4) is 0 Å². The molecule has 0 aliphatic rings. The first kappa shape index (κ1) is 13.2. The largest absolute Gasteiger partial charge is 0.294 e. The van der Waals surface area contributed by atoms with Gasteiger partial charge < -0.3 is 0 Å². The second kappa shape index (κ2) is 6.04. The molecule has 0 N–H and O–H groups in total. The van der Waals surface area contributed by atoms with Crippen molar-refractivity contribution in [1.82, 2.24) is 0 Å². The Kier molecular flexibility index (Phi) is 5.00. The zero-order valence-corrected chi connectivity index (χ0v) is 10.7. The van der Waals surface area contributed by atoms with Crippen molar-refractivity contribution in [2.45, 2.75) is 32.1 Å². The molecule has 1 rings (SSSR count). The fourth-order valence-electron chi connectivity index (χ4n) is 1.32. The maximum Gasteiger partial charge on any atom is 0.163 e. The van der Waals surface area contributed by atoms with Gasteiger partial charge in [-0.15, -0.1) is 11.8 Å². The number of halogens is 1. The Hall–Kier alpha value is -0.830.